The number of rotatable bonds is 3. The maximum absolute atomic E-state index is 13.0. The van der Waals surface area contributed by atoms with Crippen LogP contribution in [-0.4, -0.2) is 36.7 Å². The largest absolute Gasteiger partial charge is 0.466 e. The monoisotopic (exact) mass is 420 g/mol. The number of fused-ring (bicyclic) bond motifs is 3. The third kappa shape index (κ3) is 3.21. The number of nitrogens with zero attached hydrogens (tertiary/aromatic N) is 2. The van der Waals surface area contributed by atoms with Crippen molar-refractivity contribution >= 4 is 40.5 Å². The number of carbonyl (C=O) groups is 2. The van der Waals surface area contributed by atoms with Crippen LogP contribution in [0.15, 0.2) is 76.3 Å². The average Bonchev–Trinajstić information content (AvgIpc) is 2.93. The summed E-state index contributed by atoms with van der Waals surface area (Å²) in [5.74, 6) is -1.22. The highest BCUT2D eigenvalue weighted by Crippen LogP contribution is 2.45. The molecule has 2 aromatic rings. The van der Waals surface area contributed by atoms with E-state index in [1.54, 1.807) is 5.01 Å². The van der Waals surface area contributed by atoms with E-state index < -0.39 is 17.5 Å². The van der Waals surface area contributed by atoms with E-state index in [1.165, 1.54) is 14.2 Å². The summed E-state index contributed by atoms with van der Waals surface area (Å²) in [5.41, 5.74) is 1.74. The summed E-state index contributed by atoms with van der Waals surface area (Å²) in [6.45, 7) is 1.84. The molecule has 0 aromatic heterocycles. The Bertz CT molecular complexity index is 1110. The molecule has 6 nitrogen and oxygen atoms in total. The van der Waals surface area contributed by atoms with Crippen molar-refractivity contribution in [3.8, 4) is 0 Å². The summed E-state index contributed by atoms with van der Waals surface area (Å²) in [7, 11) is 2.59. The molecule has 2 aromatic carbocycles. The molecule has 4 rings (SSSR count). The molecule has 0 saturated carbocycles. The Morgan fingerprint density at radius 3 is 2.33 bits per heavy atom. The fourth-order valence-electron chi connectivity index (χ4n) is 3.57. The molecule has 30 heavy (non-hydrogen) atoms. The van der Waals surface area contributed by atoms with Gasteiger partial charge in [0.05, 0.1) is 25.5 Å². The Labute approximate surface area is 178 Å². The first-order chi connectivity index (χ1) is 14.5. The fourth-order valence-corrected chi connectivity index (χ4v) is 4.69. The lowest BCUT2D eigenvalue weighted by Crippen LogP contribution is -2.48. The van der Waals surface area contributed by atoms with E-state index in [0.717, 1.165) is 28.6 Å². The van der Waals surface area contributed by atoms with Gasteiger partial charge in [-0.25, -0.2) is 14.6 Å². The van der Waals surface area contributed by atoms with Crippen molar-refractivity contribution < 1.29 is 19.1 Å². The number of ether oxygens (including phenoxy) is 2. The molecule has 0 saturated heterocycles. The van der Waals surface area contributed by atoms with Crippen molar-refractivity contribution in [3.05, 3.63) is 82.3 Å². The van der Waals surface area contributed by atoms with Crippen LogP contribution in [0.3, 0.4) is 0 Å². The van der Waals surface area contributed by atoms with Gasteiger partial charge in [-0.1, -0.05) is 72.4 Å². The quantitative estimate of drug-likeness (QED) is 0.700. The Kier molecular flexibility index (Phi) is 5.22. The van der Waals surface area contributed by atoms with Crippen LogP contribution in [0.25, 0.3) is 6.08 Å². The summed E-state index contributed by atoms with van der Waals surface area (Å²) in [5, 5.41) is 7.27. The Hall–Kier alpha value is -3.32. The van der Waals surface area contributed by atoms with Crippen molar-refractivity contribution in [1.82, 2.24) is 0 Å². The minimum absolute atomic E-state index is 0.154. The SMILES string of the molecule is COC(=O)C1=C(C(=O)OC)C2(C)C=Cc3ccccc3N2N=C(c2ccccc2)S1. The number of carbonyl (C=O) groups excluding carboxylic acids is 2. The molecule has 152 valence electrons. The minimum atomic E-state index is -1.05. The lowest BCUT2D eigenvalue weighted by Gasteiger charge is -2.40. The number of hydrogen-bond acceptors (Lipinski definition) is 7. The topological polar surface area (TPSA) is 68.2 Å². The van der Waals surface area contributed by atoms with Crippen LogP contribution in [0.2, 0.25) is 0 Å². The molecule has 0 aliphatic carbocycles. The maximum Gasteiger partial charge on any atom is 0.345 e. The number of para-hydroxylation sites is 1. The van der Waals surface area contributed by atoms with E-state index in [2.05, 4.69) is 0 Å². The van der Waals surface area contributed by atoms with E-state index >= 15 is 0 Å². The zero-order valence-corrected chi connectivity index (χ0v) is 17.6. The summed E-state index contributed by atoms with van der Waals surface area (Å²) in [4.78, 5) is 25.9. The Balaban J connectivity index is 2.04. The molecule has 1 atom stereocenters. The maximum atomic E-state index is 13.0. The molecular weight excluding hydrogens is 400 g/mol. The normalized spacial score (nSPS) is 20.0. The zero-order chi connectivity index (χ0) is 21.3. The first-order valence-electron chi connectivity index (χ1n) is 9.31. The van der Waals surface area contributed by atoms with Crippen LogP contribution in [0.4, 0.5) is 5.69 Å². The summed E-state index contributed by atoms with van der Waals surface area (Å²) in [6, 6.07) is 17.3. The van der Waals surface area contributed by atoms with Gasteiger partial charge in [0.2, 0.25) is 0 Å². The first kappa shape index (κ1) is 20.0. The van der Waals surface area contributed by atoms with Gasteiger partial charge < -0.3 is 9.47 Å². The molecule has 0 spiro atoms. The van der Waals surface area contributed by atoms with Gasteiger partial charge in [0.15, 0.2) is 0 Å². The van der Waals surface area contributed by atoms with E-state index in [4.69, 9.17) is 14.6 Å². The second-order valence-electron chi connectivity index (χ2n) is 6.91. The molecule has 0 bridgehead atoms. The molecule has 7 heteroatoms. The fraction of sp³-hybridized carbons (Fsp3) is 0.174. The number of methoxy groups -OCH3 is 2. The van der Waals surface area contributed by atoms with Crippen LogP contribution in [0, 0.1) is 0 Å². The average molecular weight is 420 g/mol. The lowest BCUT2D eigenvalue weighted by atomic mass is 9.85. The first-order valence-corrected chi connectivity index (χ1v) is 10.1. The molecule has 0 fully saturated rings. The number of thioether (sulfide) groups is 1. The van der Waals surface area contributed by atoms with Gasteiger partial charge >= 0.3 is 11.9 Å². The Morgan fingerprint density at radius 1 is 0.967 bits per heavy atom. The van der Waals surface area contributed by atoms with Gasteiger partial charge in [-0.05, 0) is 18.6 Å². The summed E-state index contributed by atoms with van der Waals surface area (Å²) < 4.78 is 10.1. The highest BCUT2D eigenvalue weighted by Gasteiger charge is 2.47. The number of esters is 2. The van der Waals surface area contributed by atoms with Crippen molar-refractivity contribution in [3.63, 3.8) is 0 Å². The third-order valence-corrected chi connectivity index (χ3v) is 6.18. The smallest absolute Gasteiger partial charge is 0.345 e. The van der Waals surface area contributed by atoms with E-state index in [9.17, 15) is 9.59 Å². The van der Waals surface area contributed by atoms with Gasteiger partial charge in [0, 0.05) is 5.56 Å². The summed E-state index contributed by atoms with van der Waals surface area (Å²) >= 11 is 1.11. The highest BCUT2D eigenvalue weighted by atomic mass is 32.2. The van der Waals surface area contributed by atoms with E-state index in [1.807, 2.05) is 73.7 Å². The van der Waals surface area contributed by atoms with Gasteiger partial charge in [-0.2, -0.15) is 5.10 Å². The molecule has 2 aliphatic rings. The molecule has 1 unspecified atom stereocenters. The van der Waals surface area contributed by atoms with E-state index in [0.29, 0.717) is 5.04 Å². The predicted molar refractivity (Wildman–Crippen MR) is 118 cm³/mol. The summed E-state index contributed by atoms with van der Waals surface area (Å²) in [6.07, 6.45) is 3.79. The molecule has 0 amide bonds. The van der Waals surface area contributed by atoms with Crippen molar-refractivity contribution in [1.29, 1.82) is 0 Å². The van der Waals surface area contributed by atoms with Crippen LogP contribution in [-0.2, 0) is 19.1 Å². The second kappa shape index (κ2) is 7.84. The van der Waals surface area contributed by atoms with Gasteiger partial charge in [-0.15, -0.1) is 0 Å². The third-order valence-electron chi connectivity index (χ3n) is 5.10. The van der Waals surface area contributed by atoms with Crippen molar-refractivity contribution in [2.24, 2.45) is 5.10 Å². The van der Waals surface area contributed by atoms with Crippen LogP contribution in [0.1, 0.15) is 18.1 Å². The number of hydrogen-bond donors (Lipinski definition) is 0. The molecule has 2 heterocycles. The van der Waals surface area contributed by atoms with E-state index in [-0.39, 0.29) is 10.5 Å². The molecular formula is C23H20N2O4S. The van der Waals surface area contributed by atoms with Crippen LogP contribution in [0.5, 0.6) is 0 Å². The number of anilines is 1. The zero-order valence-electron chi connectivity index (χ0n) is 16.8. The molecule has 0 N–H and O–H groups in total. The van der Waals surface area contributed by atoms with Crippen molar-refractivity contribution in [2.45, 2.75) is 12.5 Å². The predicted octanol–water partition coefficient (Wildman–Crippen LogP) is 3.99. The highest BCUT2D eigenvalue weighted by molar-refractivity contribution is 8.18. The number of hydrazone groups is 1. The molecule has 2 aliphatic heterocycles. The minimum Gasteiger partial charge on any atom is -0.466 e. The molecule has 0 radical (unpaired) electrons. The van der Waals surface area contributed by atoms with Crippen LogP contribution >= 0.6 is 11.8 Å². The lowest BCUT2D eigenvalue weighted by molar-refractivity contribution is -0.139. The van der Waals surface area contributed by atoms with Crippen LogP contribution < -0.4 is 5.01 Å². The standard InChI is InChI=1S/C23H20N2O4S/c1-23-14-13-15-9-7-8-12-17(15)25(23)24-20(16-10-5-4-6-11-16)30-19(22(27)29-3)18(23)21(26)28-2/h4-14H,1-3H3. The van der Waals surface area contributed by atoms with Gasteiger partial charge in [0.1, 0.15) is 15.5 Å². The van der Waals surface area contributed by atoms with Gasteiger partial charge in [0.25, 0.3) is 0 Å². The number of benzene rings is 2. The van der Waals surface area contributed by atoms with Crippen molar-refractivity contribution in [2.75, 3.05) is 19.2 Å². The second-order valence-corrected chi connectivity index (χ2v) is 7.91. The Morgan fingerprint density at radius 2 is 1.63 bits per heavy atom. The van der Waals surface area contributed by atoms with Gasteiger partial charge in [-0.3, -0.25) is 0 Å².